The highest BCUT2D eigenvalue weighted by Crippen LogP contribution is 2.17. The zero-order chi connectivity index (χ0) is 9.84. The molecule has 1 unspecified atom stereocenters. The summed E-state index contributed by atoms with van der Waals surface area (Å²) in [7, 11) is 1.57. The molecule has 0 bridgehead atoms. The predicted octanol–water partition coefficient (Wildman–Crippen LogP) is 1.03. The molecule has 5 heteroatoms. The van der Waals surface area contributed by atoms with Gasteiger partial charge < -0.3 is 10.5 Å². The maximum Gasteiger partial charge on any atom is 0.222 e. The Kier molecular flexibility index (Phi) is 3.45. The number of aromatic nitrogens is 2. The molecule has 1 aromatic heterocycles. The van der Waals surface area contributed by atoms with Crippen molar-refractivity contribution < 1.29 is 4.74 Å². The molecule has 0 aliphatic rings. The molecule has 0 aliphatic heterocycles. The van der Waals surface area contributed by atoms with Gasteiger partial charge in [0, 0.05) is 12.5 Å². The molecule has 4 nitrogen and oxygen atoms in total. The number of methoxy groups -OCH3 is 1. The Morgan fingerprint density at radius 1 is 1.69 bits per heavy atom. The van der Waals surface area contributed by atoms with Gasteiger partial charge in [-0.2, -0.15) is 0 Å². The monoisotopic (exact) mass is 201 g/mol. The molecular weight excluding hydrogens is 190 g/mol. The molecule has 2 N–H and O–H groups in total. The summed E-state index contributed by atoms with van der Waals surface area (Å²) in [6.45, 7) is 1.90. The van der Waals surface area contributed by atoms with E-state index in [1.165, 1.54) is 0 Å². The molecule has 0 fully saturated rings. The van der Waals surface area contributed by atoms with Crippen LogP contribution in [0.4, 0.5) is 0 Å². The molecule has 0 aromatic carbocycles. The summed E-state index contributed by atoms with van der Waals surface area (Å²) in [5, 5.41) is 0.219. The molecular formula is C8H12ClN3O. The van der Waals surface area contributed by atoms with Crippen LogP contribution in [0.15, 0.2) is 6.20 Å². The van der Waals surface area contributed by atoms with Crippen LogP contribution in [0.3, 0.4) is 0 Å². The third kappa shape index (κ3) is 2.82. The number of rotatable bonds is 3. The Balaban J connectivity index is 2.94. The molecule has 1 aromatic rings. The quantitative estimate of drug-likeness (QED) is 0.742. The molecule has 0 saturated carbocycles. The van der Waals surface area contributed by atoms with E-state index in [1.54, 1.807) is 13.3 Å². The first-order chi connectivity index (χ1) is 6.13. The summed E-state index contributed by atoms with van der Waals surface area (Å²) in [4.78, 5) is 7.84. The number of nitrogens with zero attached hydrogens (tertiary/aromatic N) is 2. The fourth-order valence-corrected chi connectivity index (χ4v) is 1.15. The Morgan fingerprint density at radius 2 is 2.38 bits per heavy atom. The largest absolute Gasteiger partial charge is 0.493 e. The fraction of sp³-hybridized carbons (Fsp3) is 0.500. The lowest BCUT2D eigenvalue weighted by atomic mass is 10.2. The van der Waals surface area contributed by atoms with Crippen LogP contribution in [-0.4, -0.2) is 23.1 Å². The number of ether oxygens (including phenoxy) is 1. The molecule has 0 amide bonds. The van der Waals surface area contributed by atoms with Gasteiger partial charge in [0.25, 0.3) is 0 Å². The van der Waals surface area contributed by atoms with Crippen LogP contribution < -0.4 is 10.5 Å². The van der Waals surface area contributed by atoms with Gasteiger partial charge >= 0.3 is 0 Å². The molecule has 0 spiro atoms. The Labute approximate surface area is 82.1 Å². The van der Waals surface area contributed by atoms with Gasteiger partial charge in [-0.05, 0) is 18.5 Å². The first-order valence-electron chi connectivity index (χ1n) is 3.94. The molecule has 1 rings (SSSR count). The number of halogens is 1. The standard InChI is InChI=1S/C8H12ClN3O/c1-5(10)3-6-7(13-2)4-11-8(9)12-6/h4-5H,3,10H2,1-2H3. The highest BCUT2D eigenvalue weighted by atomic mass is 35.5. The minimum Gasteiger partial charge on any atom is -0.493 e. The molecule has 1 heterocycles. The Bertz CT molecular complexity index is 291. The van der Waals surface area contributed by atoms with E-state index in [0.29, 0.717) is 12.2 Å². The minimum absolute atomic E-state index is 0.0277. The van der Waals surface area contributed by atoms with E-state index in [9.17, 15) is 0 Å². The van der Waals surface area contributed by atoms with Crippen LogP contribution in [0, 0.1) is 0 Å². The maximum absolute atomic E-state index is 5.64. The predicted molar refractivity (Wildman–Crippen MR) is 50.9 cm³/mol. The number of nitrogens with two attached hydrogens (primary N) is 1. The third-order valence-corrected chi connectivity index (χ3v) is 1.72. The molecule has 0 saturated heterocycles. The van der Waals surface area contributed by atoms with E-state index in [2.05, 4.69) is 9.97 Å². The zero-order valence-electron chi connectivity index (χ0n) is 7.62. The molecule has 72 valence electrons. The van der Waals surface area contributed by atoms with Gasteiger partial charge in [-0.1, -0.05) is 0 Å². The van der Waals surface area contributed by atoms with Crippen molar-refractivity contribution in [2.24, 2.45) is 5.73 Å². The second-order valence-corrected chi connectivity index (χ2v) is 3.17. The van der Waals surface area contributed by atoms with Crippen molar-refractivity contribution in [2.45, 2.75) is 19.4 Å². The fourth-order valence-electron chi connectivity index (χ4n) is 1.00. The van der Waals surface area contributed by atoms with E-state index >= 15 is 0 Å². The van der Waals surface area contributed by atoms with Crippen molar-refractivity contribution in [2.75, 3.05) is 7.11 Å². The van der Waals surface area contributed by atoms with Gasteiger partial charge in [0.15, 0.2) is 5.75 Å². The van der Waals surface area contributed by atoms with Crippen LogP contribution in [0.1, 0.15) is 12.6 Å². The number of hydrogen-bond donors (Lipinski definition) is 1. The average molecular weight is 202 g/mol. The first-order valence-corrected chi connectivity index (χ1v) is 4.32. The Morgan fingerprint density at radius 3 is 2.92 bits per heavy atom. The second kappa shape index (κ2) is 4.39. The van der Waals surface area contributed by atoms with Gasteiger partial charge in [-0.15, -0.1) is 0 Å². The van der Waals surface area contributed by atoms with Crippen molar-refractivity contribution in [3.63, 3.8) is 0 Å². The SMILES string of the molecule is COc1cnc(Cl)nc1CC(C)N. The summed E-state index contributed by atoms with van der Waals surface area (Å²) >= 11 is 5.64. The molecule has 0 radical (unpaired) electrons. The first kappa shape index (κ1) is 10.2. The van der Waals surface area contributed by atoms with Crippen LogP contribution >= 0.6 is 11.6 Å². The molecule has 0 aliphatic carbocycles. The summed E-state index contributed by atoms with van der Waals surface area (Å²) in [6, 6.07) is 0.0277. The lowest BCUT2D eigenvalue weighted by Crippen LogP contribution is -2.19. The van der Waals surface area contributed by atoms with E-state index < -0.39 is 0 Å². The lowest BCUT2D eigenvalue weighted by Gasteiger charge is -2.08. The Hall–Kier alpha value is -0.870. The van der Waals surface area contributed by atoms with Crippen molar-refractivity contribution in [3.05, 3.63) is 17.2 Å². The van der Waals surface area contributed by atoms with Gasteiger partial charge in [0.1, 0.15) is 0 Å². The van der Waals surface area contributed by atoms with E-state index in [-0.39, 0.29) is 11.3 Å². The molecule has 1 atom stereocenters. The van der Waals surface area contributed by atoms with E-state index in [0.717, 1.165) is 5.69 Å². The van der Waals surface area contributed by atoms with Crippen LogP contribution in [0.5, 0.6) is 5.75 Å². The van der Waals surface area contributed by atoms with Crippen LogP contribution in [0.2, 0.25) is 5.28 Å². The van der Waals surface area contributed by atoms with Crippen molar-refractivity contribution in [3.8, 4) is 5.75 Å². The maximum atomic E-state index is 5.64. The van der Waals surface area contributed by atoms with Crippen LogP contribution in [-0.2, 0) is 6.42 Å². The van der Waals surface area contributed by atoms with Crippen molar-refractivity contribution in [1.29, 1.82) is 0 Å². The highest BCUT2D eigenvalue weighted by Gasteiger charge is 2.08. The summed E-state index contributed by atoms with van der Waals surface area (Å²) < 4.78 is 5.06. The third-order valence-electron chi connectivity index (χ3n) is 1.54. The molecule has 13 heavy (non-hydrogen) atoms. The highest BCUT2D eigenvalue weighted by molar-refractivity contribution is 6.28. The van der Waals surface area contributed by atoms with E-state index in [4.69, 9.17) is 22.1 Å². The smallest absolute Gasteiger partial charge is 0.222 e. The topological polar surface area (TPSA) is 61.0 Å². The van der Waals surface area contributed by atoms with Gasteiger partial charge in [0.05, 0.1) is 19.0 Å². The number of hydrogen-bond acceptors (Lipinski definition) is 4. The van der Waals surface area contributed by atoms with E-state index in [1.807, 2.05) is 6.92 Å². The van der Waals surface area contributed by atoms with Crippen molar-refractivity contribution in [1.82, 2.24) is 9.97 Å². The van der Waals surface area contributed by atoms with Gasteiger partial charge in [0.2, 0.25) is 5.28 Å². The van der Waals surface area contributed by atoms with Crippen molar-refractivity contribution >= 4 is 11.6 Å². The second-order valence-electron chi connectivity index (χ2n) is 2.84. The summed E-state index contributed by atoms with van der Waals surface area (Å²) in [5.41, 5.74) is 6.39. The lowest BCUT2D eigenvalue weighted by molar-refractivity contribution is 0.403. The summed E-state index contributed by atoms with van der Waals surface area (Å²) in [5.74, 6) is 0.627. The average Bonchev–Trinajstić information content (AvgIpc) is 2.03. The normalized spacial score (nSPS) is 12.6. The van der Waals surface area contributed by atoms with Gasteiger partial charge in [-0.25, -0.2) is 9.97 Å². The summed E-state index contributed by atoms with van der Waals surface area (Å²) in [6.07, 6.45) is 2.18. The van der Waals surface area contributed by atoms with Crippen LogP contribution in [0.25, 0.3) is 0 Å². The zero-order valence-corrected chi connectivity index (χ0v) is 8.38. The minimum atomic E-state index is 0.0277. The van der Waals surface area contributed by atoms with Gasteiger partial charge in [-0.3, -0.25) is 0 Å².